The van der Waals surface area contributed by atoms with Crippen LogP contribution in [0.5, 0.6) is 0 Å². The van der Waals surface area contributed by atoms with Gasteiger partial charge in [0.25, 0.3) is 0 Å². The first-order chi connectivity index (χ1) is 13.1. The van der Waals surface area contributed by atoms with E-state index >= 15 is 0 Å². The van der Waals surface area contributed by atoms with Gasteiger partial charge >= 0.3 is 11.9 Å². The van der Waals surface area contributed by atoms with Crippen molar-refractivity contribution < 1.29 is 19.4 Å². The topological polar surface area (TPSA) is 63.6 Å². The van der Waals surface area contributed by atoms with Gasteiger partial charge in [-0.15, -0.1) is 0 Å². The van der Waals surface area contributed by atoms with Gasteiger partial charge in [-0.3, -0.25) is 4.79 Å². The lowest BCUT2D eigenvalue weighted by Crippen LogP contribution is -2.23. The Balaban J connectivity index is 3.17. The van der Waals surface area contributed by atoms with Crippen LogP contribution in [0.1, 0.15) is 129 Å². The second-order valence-corrected chi connectivity index (χ2v) is 7.88. The molecule has 0 aromatic carbocycles. The van der Waals surface area contributed by atoms with Crippen molar-refractivity contribution in [2.24, 2.45) is 0 Å². The Labute approximate surface area is 167 Å². The maximum atomic E-state index is 11.4. The molecular formula is C23H44O4. The fraction of sp³-hybridized carbons (Fsp3) is 0.913. The summed E-state index contributed by atoms with van der Waals surface area (Å²) in [5.41, 5.74) is 0. The molecule has 0 fully saturated rings. The van der Waals surface area contributed by atoms with Crippen LogP contribution < -0.4 is 0 Å². The van der Waals surface area contributed by atoms with Gasteiger partial charge in [-0.1, -0.05) is 110 Å². The Bertz CT molecular complexity index is 354. The van der Waals surface area contributed by atoms with Crippen LogP contribution in [0.2, 0.25) is 0 Å². The van der Waals surface area contributed by atoms with Crippen molar-refractivity contribution in [1.29, 1.82) is 0 Å². The second-order valence-electron chi connectivity index (χ2n) is 7.88. The third-order valence-corrected chi connectivity index (χ3v) is 5.14. The van der Waals surface area contributed by atoms with Crippen molar-refractivity contribution in [3.05, 3.63) is 0 Å². The zero-order valence-corrected chi connectivity index (χ0v) is 18.0. The average Bonchev–Trinajstić information content (AvgIpc) is 2.64. The maximum absolute atomic E-state index is 11.4. The van der Waals surface area contributed by atoms with Crippen molar-refractivity contribution in [3.63, 3.8) is 0 Å². The largest absolute Gasteiger partial charge is 0.479 e. The molecule has 0 aliphatic carbocycles. The smallest absolute Gasteiger partial charge is 0.344 e. The van der Waals surface area contributed by atoms with Crippen LogP contribution >= 0.6 is 0 Å². The Morgan fingerprint density at radius 2 is 1.00 bits per heavy atom. The number of ether oxygens (including phenoxy) is 1. The molecule has 0 bridgehead atoms. The van der Waals surface area contributed by atoms with E-state index in [1.807, 2.05) is 0 Å². The number of esters is 1. The monoisotopic (exact) mass is 384 g/mol. The molecule has 0 heterocycles. The lowest BCUT2D eigenvalue weighted by Gasteiger charge is -2.08. The summed E-state index contributed by atoms with van der Waals surface area (Å²) in [7, 11) is 0. The first-order valence-corrected chi connectivity index (χ1v) is 11.5. The summed E-state index contributed by atoms with van der Waals surface area (Å²) in [4.78, 5) is 22.0. The van der Waals surface area contributed by atoms with Crippen LogP contribution in [-0.4, -0.2) is 23.1 Å². The Hall–Kier alpha value is -1.06. The lowest BCUT2D eigenvalue weighted by atomic mass is 10.0. The van der Waals surface area contributed by atoms with Crippen molar-refractivity contribution >= 4 is 11.9 Å². The summed E-state index contributed by atoms with van der Waals surface area (Å²) in [6.45, 7) is 3.65. The molecule has 0 aromatic rings. The first-order valence-electron chi connectivity index (χ1n) is 11.5. The quantitative estimate of drug-likeness (QED) is 0.180. The minimum Gasteiger partial charge on any atom is -0.479 e. The molecule has 4 heteroatoms. The van der Waals surface area contributed by atoms with E-state index in [1.165, 1.54) is 96.8 Å². The molecule has 1 unspecified atom stereocenters. The summed E-state index contributed by atoms with van der Waals surface area (Å²) < 4.78 is 4.80. The highest BCUT2D eigenvalue weighted by Gasteiger charge is 2.15. The number of carbonyl (C=O) groups is 2. The molecule has 0 radical (unpaired) electrons. The van der Waals surface area contributed by atoms with E-state index in [4.69, 9.17) is 9.84 Å². The highest BCUT2D eigenvalue weighted by Crippen LogP contribution is 2.14. The fourth-order valence-electron chi connectivity index (χ4n) is 3.30. The Kier molecular flexibility index (Phi) is 18.9. The van der Waals surface area contributed by atoms with E-state index in [2.05, 4.69) is 6.92 Å². The number of carboxylic acid groups (broad SMARTS) is 1. The predicted molar refractivity (Wildman–Crippen MR) is 112 cm³/mol. The van der Waals surface area contributed by atoms with Gasteiger partial charge in [0.15, 0.2) is 6.10 Å². The molecule has 160 valence electrons. The van der Waals surface area contributed by atoms with Gasteiger partial charge in [-0.05, 0) is 13.3 Å². The standard InChI is InChI=1S/C23H44O4/c1-3-4-5-6-7-8-9-10-11-12-13-14-15-16-17-18-19-20-22(24)27-21(2)23(25)26/h21H,3-20H2,1-2H3,(H,25,26). The average molecular weight is 385 g/mol. The van der Waals surface area contributed by atoms with Gasteiger partial charge in [0.05, 0.1) is 0 Å². The minimum atomic E-state index is -1.09. The number of hydrogen-bond donors (Lipinski definition) is 1. The van der Waals surface area contributed by atoms with Crippen molar-refractivity contribution in [2.45, 2.75) is 136 Å². The Morgan fingerprint density at radius 3 is 1.33 bits per heavy atom. The Morgan fingerprint density at radius 1 is 0.667 bits per heavy atom. The van der Waals surface area contributed by atoms with E-state index in [-0.39, 0.29) is 0 Å². The maximum Gasteiger partial charge on any atom is 0.344 e. The normalized spacial score (nSPS) is 12.1. The number of rotatable bonds is 20. The van der Waals surface area contributed by atoms with Crippen molar-refractivity contribution in [2.75, 3.05) is 0 Å². The summed E-state index contributed by atoms with van der Waals surface area (Å²) in [6, 6.07) is 0. The van der Waals surface area contributed by atoms with E-state index in [1.54, 1.807) is 0 Å². The van der Waals surface area contributed by atoms with Gasteiger partial charge < -0.3 is 9.84 Å². The molecule has 0 saturated heterocycles. The van der Waals surface area contributed by atoms with Gasteiger partial charge in [0, 0.05) is 6.42 Å². The van der Waals surface area contributed by atoms with Crippen molar-refractivity contribution in [3.8, 4) is 0 Å². The summed E-state index contributed by atoms with van der Waals surface area (Å²) >= 11 is 0. The van der Waals surface area contributed by atoms with Crippen LogP contribution in [0.3, 0.4) is 0 Å². The van der Waals surface area contributed by atoms with Gasteiger partial charge in [0.1, 0.15) is 0 Å². The summed E-state index contributed by atoms with van der Waals surface area (Å²) in [6.07, 6.45) is 21.5. The molecule has 0 spiro atoms. The molecule has 0 rings (SSSR count). The molecule has 0 saturated carbocycles. The minimum absolute atomic E-state index is 0.330. The third-order valence-electron chi connectivity index (χ3n) is 5.14. The second kappa shape index (κ2) is 19.7. The predicted octanol–water partition coefficient (Wildman–Crippen LogP) is 7.04. The zero-order chi connectivity index (χ0) is 20.2. The lowest BCUT2D eigenvalue weighted by molar-refractivity contribution is -0.162. The van der Waals surface area contributed by atoms with Crippen molar-refractivity contribution in [1.82, 2.24) is 0 Å². The molecule has 27 heavy (non-hydrogen) atoms. The number of carbonyl (C=O) groups excluding carboxylic acids is 1. The highest BCUT2D eigenvalue weighted by atomic mass is 16.6. The number of aliphatic carboxylic acids is 1. The molecule has 1 N–H and O–H groups in total. The fourth-order valence-corrected chi connectivity index (χ4v) is 3.30. The van der Waals surface area contributed by atoms with E-state index < -0.39 is 18.0 Å². The van der Waals surface area contributed by atoms with E-state index in [0.717, 1.165) is 19.3 Å². The first kappa shape index (κ1) is 25.9. The molecule has 4 nitrogen and oxygen atoms in total. The van der Waals surface area contributed by atoms with Gasteiger partial charge in [0.2, 0.25) is 0 Å². The van der Waals surface area contributed by atoms with Crippen LogP contribution in [0.4, 0.5) is 0 Å². The number of unbranched alkanes of at least 4 members (excludes halogenated alkanes) is 16. The molecular weight excluding hydrogens is 340 g/mol. The van der Waals surface area contributed by atoms with Crippen LogP contribution in [-0.2, 0) is 14.3 Å². The van der Waals surface area contributed by atoms with E-state index in [9.17, 15) is 9.59 Å². The van der Waals surface area contributed by atoms with Crippen LogP contribution in [0, 0.1) is 0 Å². The SMILES string of the molecule is CCCCCCCCCCCCCCCCCCCC(=O)OC(C)C(=O)O. The van der Waals surface area contributed by atoms with Crippen LogP contribution in [0.15, 0.2) is 0 Å². The number of hydrogen-bond acceptors (Lipinski definition) is 3. The van der Waals surface area contributed by atoms with Crippen LogP contribution in [0.25, 0.3) is 0 Å². The van der Waals surface area contributed by atoms with Gasteiger partial charge in [-0.2, -0.15) is 0 Å². The van der Waals surface area contributed by atoms with E-state index in [0.29, 0.717) is 6.42 Å². The summed E-state index contributed by atoms with van der Waals surface area (Å²) in [5.74, 6) is -1.49. The molecule has 0 aliphatic rings. The summed E-state index contributed by atoms with van der Waals surface area (Å²) in [5, 5.41) is 8.67. The number of carboxylic acids is 1. The molecule has 0 aliphatic heterocycles. The van der Waals surface area contributed by atoms with Gasteiger partial charge in [-0.25, -0.2) is 4.79 Å². The molecule has 0 aromatic heterocycles. The highest BCUT2D eigenvalue weighted by molar-refractivity contribution is 5.77. The molecule has 0 amide bonds. The molecule has 1 atom stereocenters. The third kappa shape index (κ3) is 19.5. The zero-order valence-electron chi connectivity index (χ0n) is 18.0.